The van der Waals surface area contributed by atoms with E-state index in [0.717, 1.165) is 47.9 Å². The molecule has 1 saturated carbocycles. The minimum Gasteiger partial charge on any atom is -0.381 e. The number of amides is 1. The fourth-order valence-corrected chi connectivity index (χ4v) is 10.3. The summed E-state index contributed by atoms with van der Waals surface area (Å²) in [7, 11) is 1.93. The Morgan fingerprint density at radius 1 is 0.934 bits per heavy atom. The number of anilines is 1. The highest BCUT2D eigenvalue weighted by Gasteiger charge is 2.59. The molecule has 7 heterocycles. The first-order valence-electron chi connectivity index (χ1n) is 21.2. The van der Waals surface area contributed by atoms with Crippen LogP contribution in [0.5, 0.6) is 0 Å². The van der Waals surface area contributed by atoms with Gasteiger partial charge in [0, 0.05) is 67.7 Å². The molecule has 1 amide bonds. The van der Waals surface area contributed by atoms with Crippen molar-refractivity contribution in [1.82, 2.24) is 38.9 Å². The number of aryl methyl sites for hydroxylation is 3. The number of aromatic nitrogens is 7. The van der Waals surface area contributed by atoms with Gasteiger partial charge in [-0.25, -0.2) is 18.7 Å². The zero-order chi connectivity index (χ0) is 41.9. The summed E-state index contributed by atoms with van der Waals surface area (Å²) < 4.78 is 31.2. The molecule has 3 aliphatic heterocycles. The second-order valence-electron chi connectivity index (χ2n) is 17.6. The van der Waals surface area contributed by atoms with Gasteiger partial charge in [-0.3, -0.25) is 23.8 Å². The number of H-pyrrole nitrogens is 1. The molecule has 0 unspecified atom stereocenters. The van der Waals surface area contributed by atoms with Gasteiger partial charge in [0.1, 0.15) is 17.1 Å². The van der Waals surface area contributed by atoms with Gasteiger partial charge in [-0.15, -0.1) is 0 Å². The van der Waals surface area contributed by atoms with E-state index in [1.165, 1.54) is 11.1 Å². The van der Waals surface area contributed by atoms with Crippen LogP contribution in [0.15, 0.2) is 74.9 Å². The molecule has 4 aromatic heterocycles. The van der Waals surface area contributed by atoms with Gasteiger partial charge in [0.2, 0.25) is 5.95 Å². The first-order chi connectivity index (χ1) is 29.5. The fourth-order valence-electron chi connectivity index (χ4n) is 10.3. The predicted molar refractivity (Wildman–Crippen MR) is 226 cm³/mol. The Labute approximate surface area is 349 Å². The van der Waals surface area contributed by atoms with Crippen LogP contribution < -0.4 is 16.2 Å². The highest BCUT2D eigenvalue weighted by molar-refractivity contribution is 5.99. The first-order valence-corrected chi connectivity index (χ1v) is 21.2. The number of halogens is 1. The lowest BCUT2D eigenvalue weighted by Crippen LogP contribution is -2.49. The summed E-state index contributed by atoms with van der Waals surface area (Å²) in [4.78, 5) is 54.0. The Hall–Kier alpha value is -6.35. The average molecular weight is 824 g/mol. The largest absolute Gasteiger partial charge is 0.438 e. The summed E-state index contributed by atoms with van der Waals surface area (Å²) in [6, 6.07) is 18.2. The second kappa shape index (κ2) is 13.8. The summed E-state index contributed by atoms with van der Waals surface area (Å²) in [5, 5.41) is 10.6. The molecule has 4 aliphatic rings. The maximum Gasteiger partial charge on any atom is 0.438 e. The van der Waals surface area contributed by atoms with E-state index in [2.05, 4.69) is 63.5 Å². The van der Waals surface area contributed by atoms with Crippen molar-refractivity contribution in [3.8, 4) is 5.69 Å². The Bertz CT molecular complexity index is 3030. The van der Waals surface area contributed by atoms with E-state index in [0.29, 0.717) is 83.9 Å². The van der Waals surface area contributed by atoms with Gasteiger partial charge in [0.25, 0.3) is 11.5 Å². The van der Waals surface area contributed by atoms with Gasteiger partial charge in [-0.05, 0) is 116 Å². The molecule has 11 rings (SSSR count). The molecule has 0 spiro atoms. The number of benzene rings is 3. The Morgan fingerprint density at radius 3 is 2.34 bits per heavy atom. The van der Waals surface area contributed by atoms with E-state index >= 15 is 4.79 Å². The molecule has 15 heteroatoms. The smallest absolute Gasteiger partial charge is 0.381 e. The van der Waals surface area contributed by atoms with Crippen LogP contribution in [0.2, 0.25) is 0 Å². The fraction of sp³-hybridized carbons (Fsp3) is 0.391. The van der Waals surface area contributed by atoms with E-state index in [4.69, 9.17) is 14.2 Å². The molecule has 2 atom stereocenters. The number of nitrogens with one attached hydrogen (secondary N) is 1. The number of carbonyl (C=O) groups is 1. The van der Waals surface area contributed by atoms with E-state index in [-0.39, 0.29) is 35.7 Å². The monoisotopic (exact) mass is 823 g/mol. The van der Waals surface area contributed by atoms with E-state index in [1.54, 1.807) is 35.4 Å². The van der Waals surface area contributed by atoms with Crippen molar-refractivity contribution in [3.63, 3.8) is 0 Å². The lowest BCUT2D eigenvalue weighted by Gasteiger charge is -2.42. The van der Waals surface area contributed by atoms with Gasteiger partial charge >= 0.3 is 5.76 Å². The normalized spacial score (nSPS) is 20.7. The zero-order valence-electron chi connectivity index (χ0n) is 34.6. The van der Waals surface area contributed by atoms with E-state index in [1.807, 2.05) is 28.6 Å². The van der Waals surface area contributed by atoms with Gasteiger partial charge in [0.05, 0.1) is 29.6 Å². The summed E-state index contributed by atoms with van der Waals surface area (Å²) in [6.45, 7) is 8.60. The third-order valence-electron chi connectivity index (χ3n) is 13.8. The van der Waals surface area contributed by atoms with Crippen molar-refractivity contribution in [2.45, 2.75) is 70.4 Å². The number of aromatic amines is 1. The summed E-state index contributed by atoms with van der Waals surface area (Å²) in [5.41, 5.74) is 6.32. The topological polar surface area (TPSA) is 149 Å². The van der Waals surface area contributed by atoms with Crippen LogP contribution in [0.1, 0.15) is 87.8 Å². The van der Waals surface area contributed by atoms with Crippen LogP contribution in [0.25, 0.3) is 27.5 Å². The average Bonchev–Trinajstić information content (AvgIpc) is 3.55. The van der Waals surface area contributed by atoms with E-state index < -0.39 is 11.3 Å². The van der Waals surface area contributed by atoms with Crippen molar-refractivity contribution >= 4 is 33.7 Å². The third kappa shape index (κ3) is 5.91. The number of hydrogen-bond acceptors (Lipinski definition) is 9. The highest BCUT2D eigenvalue weighted by Crippen LogP contribution is 2.56. The number of fused-ring (bicyclic) bond motifs is 3. The Kier molecular flexibility index (Phi) is 8.54. The number of rotatable bonds is 7. The predicted octanol–water partition coefficient (Wildman–Crippen LogP) is 5.99. The number of carbonyl (C=O) groups excluding carboxylic acids is 1. The summed E-state index contributed by atoms with van der Waals surface area (Å²) in [6.07, 6.45) is 4.69. The third-order valence-corrected chi connectivity index (χ3v) is 13.8. The number of nitrogens with zero attached hydrogens (tertiary/aromatic N) is 8. The zero-order valence-corrected chi connectivity index (χ0v) is 34.6. The molecule has 0 radical (unpaired) electrons. The van der Waals surface area contributed by atoms with Crippen LogP contribution in [0.3, 0.4) is 0 Å². The van der Waals surface area contributed by atoms with Crippen LogP contribution in [0.4, 0.5) is 10.3 Å². The standard InChI is InChI=1S/C46H46FN9O5/c1-25-15-34(16-26(2)40(25)47)55-41(57)35-9-12-53(24-36(35)49-44(55)54-22-33(23-54)30-5-7-37-32(18-30)21-48-52(37)4)42(58)39-19-31-17-29(28-10-13-60-14-11-28)6-8-38(31)56(39)46(20-27(46)3)43-50-45(59)61-51-43/h5-8,15-19,21,27-28,33H,9-14,20,22-24H2,1-4H3,(H,50,51,59)/t27-,46+/m1/s1. The van der Waals surface area contributed by atoms with Crippen molar-refractivity contribution in [1.29, 1.82) is 0 Å². The SMILES string of the molecule is Cc1cc(-n2c(N3CC(c4ccc5c(cnn5C)c4)C3)nc3c(c2=O)CCN(C(=O)c2cc4cc(C5CCOCC5)ccc4n2[C@@]2(c4noc(=O)[nH]4)C[C@H]2C)C3)cc(C)c1F. The minimum absolute atomic E-state index is 0.0562. The van der Waals surface area contributed by atoms with Crippen LogP contribution >= 0.6 is 0 Å². The van der Waals surface area contributed by atoms with Gasteiger partial charge < -0.3 is 19.1 Å². The van der Waals surface area contributed by atoms with Crippen molar-refractivity contribution in [2.75, 3.05) is 37.7 Å². The molecule has 2 saturated heterocycles. The van der Waals surface area contributed by atoms with Crippen molar-refractivity contribution in [2.24, 2.45) is 13.0 Å². The summed E-state index contributed by atoms with van der Waals surface area (Å²) in [5.74, 6) is 0.325. The Balaban J connectivity index is 0.977. The lowest BCUT2D eigenvalue weighted by molar-refractivity contribution is 0.0717. The van der Waals surface area contributed by atoms with Crippen LogP contribution in [0, 0.1) is 25.6 Å². The second-order valence-corrected chi connectivity index (χ2v) is 17.6. The molecule has 312 valence electrons. The van der Waals surface area contributed by atoms with E-state index in [9.17, 15) is 14.0 Å². The van der Waals surface area contributed by atoms with Crippen molar-refractivity contribution < 1.29 is 18.4 Å². The first kappa shape index (κ1) is 37.6. The molecule has 0 bridgehead atoms. The summed E-state index contributed by atoms with van der Waals surface area (Å²) >= 11 is 0. The molecule has 3 aromatic carbocycles. The maximum atomic E-state index is 15.1. The molecular weight excluding hydrogens is 778 g/mol. The maximum absolute atomic E-state index is 15.1. The molecule has 61 heavy (non-hydrogen) atoms. The minimum atomic E-state index is -0.785. The quantitative estimate of drug-likeness (QED) is 0.205. The molecule has 14 nitrogen and oxygen atoms in total. The number of ether oxygens (including phenoxy) is 1. The molecule has 3 fully saturated rings. The molecule has 1 aliphatic carbocycles. The van der Waals surface area contributed by atoms with Gasteiger partial charge in [-0.2, -0.15) is 5.10 Å². The molecule has 1 N–H and O–H groups in total. The van der Waals surface area contributed by atoms with Crippen LogP contribution in [-0.2, 0) is 30.3 Å². The van der Waals surface area contributed by atoms with Crippen molar-refractivity contribution in [3.05, 3.63) is 133 Å². The van der Waals surface area contributed by atoms with Crippen LogP contribution in [-0.4, -0.2) is 77.7 Å². The van der Waals surface area contributed by atoms with Gasteiger partial charge in [-0.1, -0.05) is 24.2 Å². The molecular formula is C46H46FN9O5. The Morgan fingerprint density at radius 2 is 1.64 bits per heavy atom. The molecule has 7 aromatic rings. The lowest BCUT2D eigenvalue weighted by atomic mass is 9.91. The number of hydrogen-bond donors (Lipinski definition) is 1. The van der Waals surface area contributed by atoms with Gasteiger partial charge in [0.15, 0.2) is 5.82 Å². The highest BCUT2D eigenvalue weighted by atomic mass is 19.1.